The Balaban J connectivity index is 1.25. The molecule has 0 N–H and O–H groups in total. The van der Waals surface area contributed by atoms with Crippen molar-refractivity contribution in [3.05, 3.63) is 79.9 Å². The highest BCUT2D eigenvalue weighted by molar-refractivity contribution is 5.80. The molecule has 176 valence electrons. The third-order valence-corrected chi connectivity index (χ3v) is 7.85. The average molecular weight is 461 g/mol. The number of nitro benzene ring substituents is 2. The number of non-ortho nitro benzene ring substituents is 2. The number of benzene rings is 2. The fourth-order valence-electron chi connectivity index (χ4n) is 7.07. The van der Waals surface area contributed by atoms with E-state index in [2.05, 4.69) is 0 Å². The van der Waals surface area contributed by atoms with Crippen LogP contribution in [0.15, 0.2) is 58.5 Å². The SMILES string of the molecule is O=[N+]([O-])c1ccc(C=NCC23CC4CC(C2)CC(CN=Cc2ccc([N+](=O)[O-])cc2)(C4)C3)cc1. The van der Waals surface area contributed by atoms with Gasteiger partial charge in [-0.05, 0) is 96.6 Å². The van der Waals surface area contributed by atoms with E-state index in [9.17, 15) is 20.2 Å². The normalized spacial score (nSPS) is 29.8. The maximum absolute atomic E-state index is 10.8. The zero-order valence-electron chi connectivity index (χ0n) is 19.0. The zero-order chi connectivity index (χ0) is 23.8. The van der Waals surface area contributed by atoms with Crippen molar-refractivity contribution in [1.82, 2.24) is 0 Å². The second-order valence-electron chi connectivity index (χ2n) is 10.6. The van der Waals surface area contributed by atoms with Crippen molar-refractivity contribution in [3.8, 4) is 0 Å². The maximum Gasteiger partial charge on any atom is 0.269 e. The molecule has 4 aliphatic rings. The van der Waals surface area contributed by atoms with Gasteiger partial charge in [0, 0.05) is 49.8 Å². The van der Waals surface area contributed by atoms with E-state index in [1.807, 2.05) is 12.4 Å². The number of aliphatic imine (C=N–C) groups is 2. The molecule has 4 fully saturated rings. The fraction of sp³-hybridized carbons (Fsp3) is 0.462. The first-order valence-electron chi connectivity index (χ1n) is 11.8. The van der Waals surface area contributed by atoms with Crippen LogP contribution in [0.1, 0.15) is 49.7 Å². The van der Waals surface area contributed by atoms with Crippen LogP contribution in [0, 0.1) is 42.9 Å². The molecule has 0 aliphatic heterocycles. The van der Waals surface area contributed by atoms with Crippen LogP contribution in [0.2, 0.25) is 0 Å². The Morgan fingerprint density at radius 2 is 1.12 bits per heavy atom. The molecular formula is C26H28N4O4. The minimum Gasteiger partial charge on any atom is -0.292 e. The maximum atomic E-state index is 10.8. The number of hydrogen-bond donors (Lipinski definition) is 0. The summed E-state index contributed by atoms with van der Waals surface area (Å²) >= 11 is 0. The minimum absolute atomic E-state index is 0.0921. The largest absolute Gasteiger partial charge is 0.292 e. The van der Waals surface area contributed by atoms with Gasteiger partial charge in [-0.1, -0.05) is 0 Å². The van der Waals surface area contributed by atoms with E-state index < -0.39 is 0 Å². The number of rotatable bonds is 8. The van der Waals surface area contributed by atoms with E-state index in [1.165, 1.54) is 56.4 Å². The van der Waals surface area contributed by atoms with Crippen molar-refractivity contribution in [2.24, 2.45) is 32.7 Å². The lowest BCUT2D eigenvalue weighted by atomic mass is 9.44. The molecule has 8 heteroatoms. The third kappa shape index (κ3) is 4.62. The first kappa shape index (κ1) is 22.4. The molecule has 4 aliphatic carbocycles. The summed E-state index contributed by atoms with van der Waals surface area (Å²) in [5, 5.41) is 21.7. The highest BCUT2D eigenvalue weighted by Crippen LogP contribution is 2.65. The standard InChI is InChI=1S/C26H28N4O4/c31-29(32)23-5-1-19(2-6-23)14-27-17-25-10-21-9-22(11-25)13-26(12-21,16-25)18-28-15-20-3-7-24(8-4-20)30(33)34/h1-8,14-15,21-22H,9-13,16-18H2. The van der Waals surface area contributed by atoms with Gasteiger partial charge in [0.15, 0.2) is 0 Å². The Labute approximate surface area is 198 Å². The summed E-state index contributed by atoms with van der Waals surface area (Å²) in [6.45, 7) is 1.59. The molecule has 0 amide bonds. The predicted octanol–water partition coefficient (Wildman–Crippen LogP) is 5.63. The van der Waals surface area contributed by atoms with Gasteiger partial charge >= 0.3 is 0 Å². The van der Waals surface area contributed by atoms with Gasteiger partial charge in [-0.25, -0.2) is 0 Å². The second-order valence-corrected chi connectivity index (χ2v) is 10.6. The molecule has 34 heavy (non-hydrogen) atoms. The average Bonchev–Trinajstić information content (AvgIpc) is 2.78. The highest BCUT2D eigenvalue weighted by Gasteiger charge is 2.57. The quantitative estimate of drug-likeness (QED) is 0.289. The van der Waals surface area contributed by atoms with E-state index >= 15 is 0 Å². The lowest BCUT2D eigenvalue weighted by molar-refractivity contribution is -0.385. The summed E-state index contributed by atoms with van der Waals surface area (Å²) in [6, 6.07) is 13.1. The van der Waals surface area contributed by atoms with Crippen LogP contribution in [-0.2, 0) is 0 Å². The van der Waals surface area contributed by atoms with Crippen LogP contribution in [0.4, 0.5) is 11.4 Å². The van der Waals surface area contributed by atoms with Crippen molar-refractivity contribution < 1.29 is 9.85 Å². The van der Waals surface area contributed by atoms with E-state index in [0.29, 0.717) is 0 Å². The first-order valence-corrected chi connectivity index (χ1v) is 11.8. The summed E-state index contributed by atoms with van der Waals surface area (Å²) in [6.07, 6.45) is 11.1. The Kier molecular flexibility index (Phi) is 5.75. The smallest absolute Gasteiger partial charge is 0.269 e. The number of nitro groups is 2. The van der Waals surface area contributed by atoms with Crippen molar-refractivity contribution in [1.29, 1.82) is 0 Å². The Morgan fingerprint density at radius 1 is 0.735 bits per heavy atom. The lowest BCUT2D eigenvalue weighted by Crippen LogP contribution is -2.54. The summed E-state index contributed by atoms with van der Waals surface area (Å²) in [5.74, 6) is 1.48. The Morgan fingerprint density at radius 3 is 1.47 bits per heavy atom. The molecule has 0 aromatic heterocycles. The summed E-state index contributed by atoms with van der Waals surface area (Å²) in [7, 11) is 0. The molecule has 8 nitrogen and oxygen atoms in total. The first-order chi connectivity index (χ1) is 16.3. The van der Waals surface area contributed by atoms with Crippen molar-refractivity contribution in [2.75, 3.05) is 13.1 Å². The summed E-state index contributed by atoms with van der Waals surface area (Å²) in [4.78, 5) is 30.5. The van der Waals surface area contributed by atoms with Gasteiger partial charge in [0.2, 0.25) is 0 Å². The molecular weight excluding hydrogens is 432 g/mol. The topological polar surface area (TPSA) is 111 Å². The predicted molar refractivity (Wildman–Crippen MR) is 131 cm³/mol. The van der Waals surface area contributed by atoms with Gasteiger partial charge < -0.3 is 0 Å². The number of nitrogens with zero attached hydrogens (tertiary/aromatic N) is 4. The molecule has 4 bridgehead atoms. The molecule has 0 saturated heterocycles. The minimum atomic E-state index is -0.389. The fourth-order valence-corrected chi connectivity index (χ4v) is 7.07. The highest BCUT2D eigenvalue weighted by atomic mass is 16.6. The van der Waals surface area contributed by atoms with Crippen LogP contribution in [0.25, 0.3) is 0 Å². The molecule has 2 aromatic carbocycles. The van der Waals surface area contributed by atoms with Crippen LogP contribution in [0.3, 0.4) is 0 Å². The van der Waals surface area contributed by atoms with Gasteiger partial charge in [0.05, 0.1) is 9.85 Å². The van der Waals surface area contributed by atoms with E-state index in [4.69, 9.17) is 9.98 Å². The van der Waals surface area contributed by atoms with E-state index in [0.717, 1.165) is 42.5 Å². The van der Waals surface area contributed by atoms with Gasteiger partial charge in [0.1, 0.15) is 0 Å². The number of hydrogen-bond acceptors (Lipinski definition) is 6. The second kappa shape index (κ2) is 8.74. The van der Waals surface area contributed by atoms with Crippen LogP contribution in [0.5, 0.6) is 0 Å². The molecule has 0 unspecified atom stereocenters. The molecule has 6 rings (SSSR count). The van der Waals surface area contributed by atoms with Crippen molar-refractivity contribution >= 4 is 23.8 Å². The monoisotopic (exact) mass is 460 g/mol. The van der Waals surface area contributed by atoms with Crippen LogP contribution in [-0.4, -0.2) is 35.4 Å². The molecule has 0 radical (unpaired) electrons. The van der Waals surface area contributed by atoms with Crippen LogP contribution < -0.4 is 0 Å². The molecule has 0 spiro atoms. The van der Waals surface area contributed by atoms with Crippen molar-refractivity contribution in [2.45, 2.75) is 38.5 Å². The van der Waals surface area contributed by atoms with Gasteiger partial charge in [-0.2, -0.15) is 0 Å². The molecule has 0 heterocycles. The third-order valence-electron chi connectivity index (χ3n) is 7.85. The Bertz CT molecular complexity index is 1040. The van der Waals surface area contributed by atoms with Gasteiger partial charge in [-0.15, -0.1) is 0 Å². The van der Waals surface area contributed by atoms with E-state index in [1.54, 1.807) is 24.3 Å². The lowest BCUT2D eigenvalue weighted by Gasteiger charge is -2.61. The van der Waals surface area contributed by atoms with Crippen molar-refractivity contribution in [3.63, 3.8) is 0 Å². The Hall–Kier alpha value is -3.42. The van der Waals surface area contributed by atoms with Crippen LogP contribution >= 0.6 is 0 Å². The van der Waals surface area contributed by atoms with Gasteiger partial charge in [-0.3, -0.25) is 30.2 Å². The molecule has 0 atom stereocenters. The molecule has 2 aromatic rings. The zero-order valence-corrected chi connectivity index (χ0v) is 19.0. The van der Waals surface area contributed by atoms with Gasteiger partial charge in [0.25, 0.3) is 11.4 Å². The summed E-state index contributed by atoms with van der Waals surface area (Å²) in [5.41, 5.74) is 2.41. The summed E-state index contributed by atoms with van der Waals surface area (Å²) < 4.78 is 0. The van der Waals surface area contributed by atoms with E-state index in [-0.39, 0.29) is 32.1 Å². The molecule has 4 saturated carbocycles.